The summed E-state index contributed by atoms with van der Waals surface area (Å²) in [6.45, 7) is 0. The molecule has 0 saturated heterocycles. The van der Waals surface area contributed by atoms with Crippen molar-refractivity contribution < 1.29 is 8.78 Å². The maximum Gasteiger partial charge on any atom is 0.123 e. The molecule has 0 fully saturated rings. The molecule has 0 aromatic heterocycles. The van der Waals surface area contributed by atoms with Gasteiger partial charge in [0.1, 0.15) is 23.1 Å². The van der Waals surface area contributed by atoms with Crippen LogP contribution in [0.4, 0.5) is 8.78 Å². The summed E-state index contributed by atoms with van der Waals surface area (Å²) in [5, 5.41) is 9.12. The highest BCUT2D eigenvalue weighted by Crippen LogP contribution is 2.16. The minimum atomic E-state index is -0.314. The SMILES string of the molecule is Fc1ccc(C(=NN=C(c2ccccc2)c2ccc(F)cc2)c2ccccc2)cc1. The summed E-state index contributed by atoms with van der Waals surface area (Å²) >= 11 is 0. The largest absolute Gasteiger partial charge is 0.207 e. The molecule has 0 saturated carbocycles. The van der Waals surface area contributed by atoms with Gasteiger partial charge >= 0.3 is 0 Å². The molecule has 30 heavy (non-hydrogen) atoms. The minimum absolute atomic E-state index is 0.314. The van der Waals surface area contributed by atoms with Crippen LogP contribution in [0.15, 0.2) is 119 Å². The van der Waals surface area contributed by atoms with Crippen LogP contribution < -0.4 is 0 Å². The fourth-order valence-corrected chi connectivity index (χ4v) is 3.07. The van der Waals surface area contributed by atoms with Crippen molar-refractivity contribution in [1.82, 2.24) is 0 Å². The van der Waals surface area contributed by atoms with Gasteiger partial charge in [-0.25, -0.2) is 8.78 Å². The van der Waals surface area contributed by atoms with Gasteiger partial charge in [-0.05, 0) is 48.5 Å². The second-order valence-corrected chi connectivity index (χ2v) is 6.64. The third kappa shape index (κ3) is 4.55. The van der Waals surface area contributed by atoms with Crippen molar-refractivity contribution in [3.05, 3.63) is 143 Å². The third-order valence-electron chi connectivity index (χ3n) is 4.58. The van der Waals surface area contributed by atoms with E-state index in [9.17, 15) is 8.78 Å². The summed E-state index contributed by atoms with van der Waals surface area (Å²) in [5.41, 5.74) is 4.45. The Morgan fingerprint density at radius 2 is 0.700 bits per heavy atom. The standard InChI is InChI=1S/C26H18F2N2/c27-23-15-11-21(12-16-23)25(19-7-3-1-4-8-19)29-30-26(20-9-5-2-6-10-20)22-13-17-24(28)18-14-22/h1-18H. The van der Waals surface area contributed by atoms with Gasteiger partial charge in [-0.3, -0.25) is 0 Å². The average molecular weight is 396 g/mol. The molecular weight excluding hydrogens is 378 g/mol. The van der Waals surface area contributed by atoms with Gasteiger partial charge in [0.2, 0.25) is 0 Å². The van der Waals surface area contributed by atoms with Crippen molar-refractivity contribution in [1.29, 1.82) is 0 Å². The van der Waals surface area contributed by atoms with Gasteiger partial charge in [0.05, 0.1) is 0 Å². The van der Waals surface area contributed by atoms with Crippen molar-refractivity contribution in [3.63, 3.8) is 0 Å². The quantitative estimate of drug-likeness (QED) is 0.281. The second-order valence-electron chi connectivity index (χ2n) is 6.64. The number of nitrogens with zero attached hydrogens (tertiary/aromatic N) is 2. The lowest BCUT2D eigenvalue weighted by Crippen LogP contribution is -2.06. The van der Waals surface area contributed by atoms with Crippen LogP contribution in [-0.4, -0.2) is 11.4 Å². The van der Waals surface area contributed by atoms with Crippen molar-refractivity contribution in [2.75, 3.05) is 0 Å². The van der Waals surface area contributed by atoms with Crippen LogP contribution in [0.3, 0.4) is 0 Å². The third-order valence-corrected chi connectivity index (χ3v) is 4.58. The Morgan fingerprint density at radius 1 is 0.400 bits per heavy atom. The van der Waals surface area contributed by atoms with E-state index in [0.29, 0.717) is 11.4 Å². The van der Waals surface area contributed by atoms with Crippen molar-refractivity contribution in [2.45, 2.75) is 0 Å². The lowest BCUT2D eigenvalue weighted by atomic mass is 10.0. The van der Waals surface area contributed by atoms with E-state index in [1.165, 1.54) is 24.3 Å². The topological polar surface area (TPSA) is 24.7 Å². The molecule has 0 aliphatic heterocycles. The first-order valence-corrected chi connectivity index (χ1v) is 9.49. The molecule has 4 aromatic rings. The maximum absolute atomic E-state index is 13.4. The summed E-state index contributed by atoms with van der Waals surface area (Å²) in [6.07, 6.45) is 0. The molecule has 0 radical (unpaired) electrons. The van der Waals surface area contributed by atoms with E-state index in [1.54, 1.807) is 24.3 Å². The summed E-state index contributed by atoms with van der Waals surface area (Å²) in [4.78, 5) is 0. The number of hydrogen-bond donors (Lipinski definition) is 0. The highest BCUT2D eigenvalue weighted by atomic mass is 19.1. The zero-order chi connectivity index (χ0) is 20.8. The average Bonchev–Trinajstić information content (AvgIpc) is 2.80. The molecular formula is C26H18F2N2. The number of rotatable bonds is 5. The van der Waals surface area contributed by atoms with E-state index in [0.717, 1.165) is 22.3 Å². The van der Waals surface area contributed by atoms with Crippen molar-refractivity contribution in [2.24, 2.45) is 10.2 Å². The second kappa shape index (κ2) is 9.05. The van der Waals surface area contributed by atoms with Crippen LogP contribution in [0.25, 0.3) is 0 Å². The molecule has 146 valence electrons. The molecule has 0 N–H and O–H groups in total. The van der Waals surface area contributed by atoms with Crippen LogP contribution in [0.2, 0.25) is 0 Å². The molecule has 0 heterocycles. The molecule has 0 bridgehead atoms. The molecule has 4 heteroatoms. The predicted octanol–water partition coefficient (Wildman–Crippen LogP) is 6.25. The Kier molecular flexibility index (Phi) is 5.85. The van der Waals surface area contributed by atoms with Crippen LogP contribution in [0.1, 0.15) is 22.3 Å². The lowest BCUT2D eigenvalue weighted by Gasteiger charge is -2.08. The molecule has 4 aromatic carbocycles. The van der Waals surface area contributed by atoms with E-state index >= 15 is 0 Å². The summed E-state index contributed by atoms with van der Waals surface area (Å²) in [5.74, 6) is -0.628. The Morgan fingerprint density at radius 3 is 1.03 bits per heavy atom. The molecule has 2 nitrogen and oxygen atoms in total. The van der Waals surface area contributed by atoms with Gasteiger partial charge in [0.15, 0.2) is 0 Å². The molecule has 0 spiro atoms. The smallest absolute Gasteiger partial charge is 0.123 e. The molecule has 0 amide bonds. The monoisotopic (exact) mass is 396 g/mol. The van der Waals surface area contributed by atoms with E-state index < -0.39 is 0 Å². The molecule has 0 aliphatic rings. The van der Waals surface area contributed by atoms with Crippen LogP contribution in [0.5, 0.6) is 0 Å². The highest BCUT2D eigenvalue weighted by molar-refractivity contribution is 6.15. The molecule has 0 aliphatic carbocycles. The first-order valence-electron chi connectivity index (χ1n) is 9.49. The van der Waals surface area contributed by atoms with Crippen molar-refractivity contribution >= 4 is 11.4 Å². The Bertz CT molecular complexity index is 1070. The van der Waals surface area contributed by atoms with Crippen LogP contribution >= 0.6 is 0 Å². The van der Waals surface area contributed by atoms with Crippen molar-refractivity contribution in [3.8, 4) is 0 Å². The minimum Gasteiger partial charge on any atom is -0.207 e. The van der Waals surface area contributed by atoms with Crippen LogP contribution in [-0.2, 0) is 0 Å². The summed E-state index contributed by atoms with van der Waals surface area (Å²) < 4.78 is 26.9. The molecule has 0 atom stereocenters. The zero-order valence-corrected chi connectivity index (χ0v) is 16.0. The number of halogens is 2. The Balaban J connectivity index is 1.87. The fourth-order valence-electron chi connectivity index (χ4n) is 3.07. The van der Waals surface area contributed by atoms with Gasteiger partial charge in [0, 0.05) is 22.3 Å². The Hall–Kier alpha value is -3.92. The summed E-state index contributed by atoms with van der Waals surface area (Å²) in [7, 11) is 0. The number of hydrogen-bond acceptors (Lipinski definition) is 2. The van der Waals surface area contributed by atoms with E-state index in [4.69, 9.17) is 0 Å². The maximum atomic E-state index is 13.4. The van der Waals surface area contributed by atoms with Gasteiger partial charge in [-0.2, -0.15) is 0 Å². The Labute approximate surface area is 173 Å². The van der Waals surface area contributed by atoms with Crippen LogP contribution in [0, 0.1) is 11.6 Å². The van der Waals surface area contributed by atoms with Gasteiger partial charge in [0.25, 0.3) is 0 Å². The fraction of sp³-hybridized carbons (Fsp3) is 0. The van der Waals surface area contributed by atoms with E-state index in [1.807, 2.05) is 60.7 Å². The van der Waals surface area contributed by atoms with Gasteiger partial charge in [-0.1, -0.05) is 60.7 Å². The predicted molar refractivity (Wildman–Crippen MR) is 117 cm³/mol. The highest BCUT2D eigenvalue weighted by Gasteiger charge is 2.10. The number of benzene rings is 4. The van der Waals surface area contributed by atoms with Gasteiger partial charge in [-0.15, -0.1) is 10.2 Å². The summed E-state index contributed by atoms with van der Waals surface area (Å²) in [6, 6.07) is 31.5. The first-order chi connectivity index (χ1) is 14.7. The molecule has 4 rings (SSSR count). The lowest BCUT2D eigenvalue weighted by molar-refractivity contribution is 0.627. The zero-order valence-electron chi connectivity index (χ0n) is 16.0. The van der Waals surface area contributed by atoms with E-state index in [-0.39, 0.29) is 11.6 Å². The first kappa shape index (κ1) is 19.4. The normalized spacial score (nSPS) is 12.1. The molecule has 0 unspecified atom stereocenters. The van der Waals surface area contributed by atoms with Gasteiger partial charge < -0.3 is 0 Å². The van der Waals surface area contributed by atoms with E-state index in [2.05, 4.69) is 10.2 Å².